The Morgan fingerprint density at radius 2 is 2.11 bits per heavy atom. The number of anilines is 1. The van der Waals surface area contributed by atoms with Gasteiger partial charge in [0.15, 0.2) is 0 Å². The summed E-state index contributed by atoms with van der Waals surface area (Å²) in [6, 6.07) is 8.42. The van der Waals surface area contributed by atoms with E-state index in [9.17, 15) is 0 Å². The third kappa shape index (κ3) is 3.53. The Balaban J connectivity index is 3.19. The van der Waals surface area contributed by atoms with Gasteiger partial charge < -0.3 is 4.90 Å². The zero-order valence-corrected chi connectivity index (χ0v) is 11.5. The number of benzene rings is 1. The molecule has 0 aromatic heterocycles. The SMILES string of the molecule is C#CC/C=C(\CC)c1ccccc1N(C)/C=C/C. The molecule has 1 nitrogen and oxygen atoms in total. The van der Waals surface area contributed by atoms with E-state index in [0.29, 0.717) is 6.42 Å². The van der Waals surface area contributed by atoms with Gasteiger partial charge in [0.25, 0.3) is 0 Å². The summed E-state index contributed by atoms with van der Waals surface area (Å²) >= 11 is 0. The van der Waals surface area contributed by atoms with Gasteiger partial charge in [0.2, 0.25) is 0 Å². The van der Waals surface area contributed by atoms with Crippen LogP contribution in [0.25, 0.3) is 5.57 Å². The molecule has 18 heavy (non-hydrogen) atoms. The van der Waals surface area contributed by atoms with Crippen LogP contribution in [-0.2, 0) is 0 Å². The summed E-state index contributed by atoms with van der Waals surface area (Å²) in [6.45, 7) is 4.18. The molecular formula is C17H21N. The molecule has 1 rings (SSSR count). The van der Waals surface area contributed by atoms with Crippen LogP contribution in [-0.4, -0.2) is 7.05 Å². The van der Waals surface area contributed by atoms with E-state index in [1.807, 2.05) is 13.0 Å². The van der Waals surface area contributed by atoms with Crippen LogP contribution in [0.5, 0.6) is 0 Å². The van der Waals surface area contributed by atoms with Crippen LogP contribution in [0.4, 0.5) is 5.69 Å². The number of hydrogen-bond donors (Lipinski definition) is 0. The highest BCUT2D eigenvalue weighted by molar-refractivity contribution is 5.77. The van der Waals surface area contributed by atoms with Gasteiger partial charge in [-0.15, -0.1) is 12.3 Å². The lowest BCUT2D eigenvalue weighted by atomic mass is 10.00. The minimum absolute atomic E-state index is 0.685. The van der Waals surface area contributed by atoms with Crippen LogP contribution < -0.4 is 4.90 Å². The normalized spacial score (nSPS) is 11.6. The molecule has 0 aliphatic carbocycles. The maximum Gasteiger partial charge on any atom is 0.0479 e. The van der Waals surface area contributed by atoms with E-state index in [2.05, 4.69) is 61.3 Å². The van der Waals surface area contributed by atoms with Crippen molar-refractivity contribution in [1.82, 2.24) is 0 Å². The Morgan fingerprint density at radius 1 is 1.39 bits per heavy atom. The Labute approximate surface area is 111 Å². The van der Waals surface area contributed by atoms with Gasteiger partial charge in [-0.3, -0.25) is 0 Å². The Hall–Kier alpha value is -1.94. The lowest BCUT2D eigenvalue weighted by Gasteiger charge is -2.19. The van der Waals surface area contributed by atoms with Crippen molar-refractivity contribution in [3.05, 3.63) is 48.2 Å². The van der Waals surface area contributed by atoms with Crippen LogP contribution in [0, 0.1) is 12.3 Å². The molecule has 0 amide bonds. The Morgan fingerprint density at radius 3 is 2.72 bits per heavy atom. The van der Waals surface area contributed by atoms with Gasteiger partial charge in [-0.2, -0.15) is 0 Å². The van der Waals surface area contributed by atoms with E-state index in [4.69, 9.17) is 6.42 Å². The molecule has 1 aromatic carbocycles. The Bertz CT molecular complexity index is 475. The van der Waals surface area contributed by atoms with Gasteiger partial charge in [-0.1, -0.05) is 37.3 Å². The van der Waals surface area contributed by atoms with Crippen LogP contribution in [0.3, 0.4) is 0 Å². The molecule has 0 aliphatic heterocycles. The molecule has 0 aliphatic rings. The topological polar surface area (TPSA) is 3.24 Å². The maximum atomic E-state index is 5.34. The molecule has 0 saturated heterocycles. The number of hydrogen-bond acceptors (Lipinski definition) is 1. The van der Waals surface area contributed by atoms with Crippen LogP contribution in [0.2, 0.25) is 0 Å². The second kappa shape index (κ2) is 7.40. The van der Waals surface area contributed by atoms with Gasteiger partial charge in [0, 0.05) is 24.7 Å². The third-order valence-corrected chi connectivity index (χ3v) is 2.85. The molecule has 0 saturated carbocycles. The van der Waals surface area contributed by atoms with Crippen molar-refractivity contribution in [1.29, 1.82) is 0 Å². The highest BCUT2D eigenvalue weighted by Crippen LogP contribution is 2.28. The first-order chi connectivity index (χ1) is 8.74. The maximum absolute atomic E-state index is 5.34. The highest BCUT2D eigenvalue weighted by Gasteiger charge is 2.07. The fourth-order valence-electron chi connectivity index (χ4n) is 1.98. The molecule has 1 aromatic rings. The predicted octanol–water partition coefficient (Wildman–Crippen LogP) is 4.47. The van der Waals surface area contributed by atoms with Crippen LogP contribution in [0.1, 0.15) is 32.3 Å². The van der Waals surface area contributed by atoms with Gasteiger partial charge in [0.05, 0.1) is 0 Å². The van der Waals surface area contributed by atoms with Crippen molar-refractivity contribution in [2.24, 2.45) is 0 Å². The molecule has 0 heterocycles. The first kappa shape index (κ1) is 14.1. The predicted molar refractivity (Wildman–Crippen MR) is 81.4 cm³/mol. The second-order valence-corrected chi connectivity index (χ2v) is 4.10. The number of terminal acetylenes is 1. The molecule has 0 fully saturated rings. The zero-order chi connectivity index (χ0) is 13.4. The van der Waals surface area contributed by atoms with Gasteiger partial charge in [-0.25, -0.2) is 0 Å². The summed E-state index contributed by atoms with van der Waals surface area (Å²) in [6.07, 6.45) is 13.3. The lowest BCUT2D eigenvalue weighted by Crippen LogP contribution is -2.09. The largest absolute Gasteiger partial charge is 0.351 e. The van der Waals surface area contributed by atoms with Gasteiger partial charge in [-0.05, 0) is 31.2 Å². The molecule has 0 unspecified atom stereocenters. The van der Waals surface area contributed by atoms with Crippen LogP contribution in [0.15, 0.2) is 42.6 Å². The van der Waals surface area contributed by atoms with E-state index in [1.165, 1.54) is 16.8 Å². The smallest absolute Gasteiger partial charge is 0.0479 e. The summed E-state index contributed by atoms with van der Waals surface area (Å²) in [5.41, 5.74) is 3.77. The van der Waals surface area contributed by atoms with Crippen molar-refractivity contribution in [2.75, 3.05) is 11.9 Å². The third-order valence-electron chi connectivity index (χ3n) is 2.85. The molecule has 94 valence electrons. The van der Waals surface area contributed by atoms with Crippen molar-refractivity contribution in [3.8, 4) is 12.3 Å². The number of nitrogens with zero attached hydrogens (tertiary/aromatic N) is 1. The summed E-state index contributed by atoms with van der Waals surface area (Å²) in [4.78, 5) is 2.13. The molecule has 0 N–H and O–H groups in total. The monoisotopic (exact) mass is 239 g/mol. The number of rotatable bonds is 5. The Kier molecular flexibility index (Phi) is 5.80. The van der Waals surface area contributed by atoms with E-state index < -0.39 is 0 Å². The van der Waals surface area contributed by atoms with Crippen molar-refractivity contribution < 1.29 is 0 Å². The first-order valence-electron chi connectivity index (χ1n) is 6.32. The van der Waals surface area contributed by atoms with E-state index >= 15 is 0 Å². The lowest BCUT2D eigenvalue weighted by molar-refractivity contribution is 1.16. The highest BCUT2D eigenvalue weighted by atomic mass is 15.1. The van der Waals surface area contributed by atoms with Crippen LogP contribution >= 0.6 is 0 Å². The average Bonchev–Trinajstić information content (AvgIpc) is 2.40. The minimum atomic E-state index is 0.685. The summed E-state index contributed by atoms with van der Waals surface area (Å²) in [7, 11) is 2.06. The standard InChI is InChI=1S/C17H21N/c1-5-8-11-15(7-3)16-12-9-10-13-17(16)18(4)14-6-2/h1,6,9-14H,7-8H2,2-4H3/b14-6+,15-11+. The molecule has 0 spiro atoms. The van der Waals surface area contributed by atoms with E-state index in [-0.39, 0.29) is 0 Å². The average molecular weight is 239 g/mol. The van der Waals surface area contributed by atoms with E-state index in [0.717, 1.165) is 6.42 Å². The molecule has 0 atom stereocenters. The summed E-state index contributed by atoms with van der Waals surface area (Å²) in [5.74, 6) is 2.67. The molecule has 0 bridgehead atoms. The number of para-hydroxylation sites is 1. The first-order valence-corrected chi connectivity index (χ1v) is 6.32. The van der Waals surface area contributed by atoms with E-state index in [1.54, 1.807) is 0 Å². The summed E-state index contributed by atoms with van der Waals surface area (Å²) < 4.78 is 0. The van der Waals surface area contributed by atoms with Gasteiger partial charge >= 0.3 is 0 Å². The van der Waals surface area contributed by atoms with Crippen molar-refractivity contribution in [2.45, 2.75) is 26.7 Å². The second-order valence-electron chi connectivity index (χ2n) is 4.10. The molecule has 0 radical (unpaired) electrons. The molecule has 1 heteroatoms. The minimum Gasteiger partial charge on any atom is -0.351 e. The van der Waals surface area contributed by atoms with Crippen molar-refractivity contribution >= 4 is 11.3 Å². The molecular weight excluding hydrogens is 218 g/mol. The zero-order valence-electron chi connectivity index (χ0n) is 11.5. The van der Waals surface area contributed by atoms with Gasteiger partial charge in [0.1, 0.15) is 0 Å². The fraction of sp³-hybridized carbons (Fsp3) is 0.294. The number of allylic oxidation sites excluding steroid dienone is 3. The summed E-state index contributed by atoms with van der Waals surface area (Å²) in [5, 5.41) is 0. The van der Waals surface area contributed by atoms with Crippen molar-refractivity contribution in [3.63, 3.8) is 0 Å². The quantitative estimate of drug-likeness (QED) is 0.685. The fourth-order valence-corrected chi connectivity index (χ4v) is 1.98.